The van der Waals surface area contributed by atoms with Crippen LogP contribution in [0, 0.1) is 0 Å². The lowest BCUT2D eigenvalue weighted by Crippen LogP contribution is -2.20. The van der Waals surface area contributed by atoms with Crippen molar-refractivity contribution >= 4 is 45.4 Å². The zero-order valence-corrected chi connectivity index (χ0v) is 16.7. The number of anilines is 1. The molecular weight excluding hydrogens is 410 g/mol. The van der Waals surface area contributed by atoms with Gasteiger partial charge in [-0.25, -0.2) is 4.98 Å². The number of nitrogens with zero attached hydrogens (tertiary/aromatic N) is 2. The predicted octanol–water partition coefficient (Wildman–Crippen LogP) is 4.94. The number of nitrogens with one attached hydrogen (secondary N) is 1. The van der Waals surface area contributed by atoms with Crippen molar-refractivity contribution in [1.82, 2.24) is 9.97 Å². The summed E-state index contributed by atoms with van der Waals surface area (Å²) in [5.41, 5.74) is 3.76. The molecule has 8 heteroatoms. The van der Waals surface area contributed by atoms with E-state index in [-0.39, 0.29) is 12.5 Å². The van der Waals surface area contributed by atoms with Crippen LogP contribution in [0.15, 0.2) is 65.6 Å². The van der Waals surface area contributed by atoms with Crippen LogP contribution in [0.3, 0.4) is 0 Å². The molecule has 6 nitrogen and oxygen atoms in total. The lowest BCUT2D eigenvalue weighted by molar-refractivity contribution is -0.118. The summed E-state index contributed by atoms with van der Waals surface area (Å²) in [6.07, 6.45) is 1.65. The van der Waals surface area contributed by atoms with Crippen LogP contribution in [0.25, 0.3) is 10.9 Å². The second kappa shape index (κ2) is 8.89. The predicted molar refractivity (Wildman–Crippen MR) is 114 cm³/mol. The number of benzene rings is 2. The topological polar surface area (TPSA) is 73.3 Å². The fourth-order valence-electron chi connectivity index (χ4n) is 2.71. The van der Waals surface area contributed by atoms with Crippen molar-refractivity contribution in [2.45, 2.75) is 6.61 Å². The molecule has 2 heterocycles. The summed E-state index contributed by atoms with van der Waals surface area (Å²) >= 11 is 7.70. The van der Waals surface area contributed by atoms with Gasteiger partial charge < -0.3 is 14.8 Å². The Labute approximate surface area is 176 Å². The summed E-state index contributed by atoms with van der Waals surface area (Å²) < 4.78 is 11.5. The lowest BCUT2D eigenvalue weighted by Gasteiger charge is -2.13. The van der Waals surface area contributed by atoms with Gasteiger partial charge in [0, 0.05) is 17.0 Å². The van der Waals surface area contributed by atoms with Crippen LogP contribution in [-0.4, -0.2) is 22.5 Å². The monoisotopic (exact) mass is 425 g/mol. The first-order valence-corrected chi connectivity index (χ1v) is 10.1. The summed E-state index contributed by atoms with van der Waals surface area (Å²) in [5, 5.41) is 6.08. The van der Waals surface area contributed by atoms with Gasteiger partial charge in [-0.15, -0.1) is 11.3 Å². The summed E-state index contributed by atoms with van der Waals surface area (Å²) in [7, 11) is 0. The van der Waals surface area contributed by atoms with E-state index >= 15 is 0 Å². The number of ether oxygens (including phenoxy) is 2. The fourth-order valence-corrected chi connectivity index (χ4v) is 3.47. The Morgan fingerprint density at radius 2 is 1.93 bits per heavy atom. The Kier molecular flexibility index (Phi) is 5.88. The fraction of sp³-hybridized carbons (Fsp3) is 0.0952. The van der Waals surface area contributed by atoms with Crippen LogP contribution >= 0.6 is 22.9 Å². The summed E-state index contributed by atoms with van der Waals surface area (Å²) in [6, 6.07) is 14.3. The van der Waals surface area contributed by atoms with Crippen molar-refractivity contribution in [3.8, 4) is 11.5 Å². The molecule has 0 atom stereocenters. The highest BCUT2D eigenvalue weighted by Gasteiger charge is 2.11. The van der Waals surface area contributed by atoms with Crippen LogP contribution in [0.5, 0.6) is 11.5 Å². The SMILES string of the molecule is O=C(COc1ccc(Cl)c2cccnc12)Nc1ccccc1OCc1cscn1. The Bertz CT molecular complexity index is 1140. The van der Waals surface area contributed by atoms with E-state index in [0.717, 1.165) is 11.1 Å². The Hall–Kier alpha value is -3.16. The van der Waals surface area contributed by atoms with Crippen molar-refractivity contribution < 1.29 is 14.3 Å². The third kappa shape index (κ3) is 4.64. The molecule has 29 heavy (non-hydrogen) atoms. The Morgan fingerprint density at radius 3 is 2.79 bits per heavy atom. The average molecular weight is 426 g/mol. The maximum Gasteiger partial charge on any atom is 0.262 e. The zero-order valence-electron chi connectivity index (χ0n) is 15.2. The molecule has 1 N–H and O–H groups in total. The molecule has 0 aliphatic rings. The third-order valence-corrected chi connectivity index (χ3v) is 5.02. The van der Waals surface area contributed by atoms with Gasteiger partial charge >= 0.3 is 0 Å². The van der Waals surface area contributed by atoms with Crippen LogP contribution < -0.4 is 14.8 Å². The molecule has 2 aromatic heterocycles. The molecular formula is C21H16ClN3O3S. The molecule has 0 bridgehead atoms. The standard InChI is InChI=1S/C21H16ClN3O3S/c22-16-7-8-19(21-15(16)4-3-9-23-21)28-11-20(26)25-17-5-1-2-6-18(17)27-10-14-12-29-13-24-14/h1-9,12-13H,10-11H2,(H,25,26). The number of halogens is 1. The minimum atomic E-state index is -0.311. The normalized spacial score (nSPS) is 10.7. The minimum absolute atomic E-state index is 0.173. The highest BCUT2D eigenvalue weighted by atomic mass is 35.5. The number of fused-ring (bicyclic) bond motifs is 1. The van der Waals surface area contributed by atoms with Crippen LogP contribution in [-0.2, 0) is 11.4 Å². The molecule has 0 aliphatic carbocycles. The van der Waals surface area contributed by atoms with Crippen molar-refractivity contribution in [2.75, 3.05) is 11.9 Å². The van der Waals surface area contributed by atoms with Gasteiger partial charge in [0.15, 0.2) is 6.61 Å². The molecule has 4 aromatic rings. The second-order valence-corrected chi connectivity index (χ2v) is 7.17. The molecule has 0 fully saturated rings. The molecule has 146 valence electrons. The number of amides is 1. The molecule has 1 amide bonds. The number of hydrogen-bond donors (Lipinski definition) is 1. The van der Waals surface area contributed by atoms with Gasteiger partial charge in [-0.3, -0.25) is 9.78 Å². The number of hydrogen-bond acceptors (Lipinski definition) is 6. The van der Waals surface area contributed by atoms with E-state index in [0.29, 0.717) is 34.3 Å². The van der Waals surface area contributed by atoms with Crippen LogP contribution in [0.1, 0.15) is 5.69 Å². The summed E-state index contributed by atoms with van der Waals surface area (Å²) in [6.45, 7) is 0.156. The zero-order chi connectivity index (χ0) is 20.1. The highest BCUT2D eigenvalue weighted by molar-refractivity contribution is 7.07. The number of rotatable bonds is 7. The van der Waals surface area contributed by atoms with Crippen molar-refractivity contribution in [3.05, 3.63) is 76.3 Å². The minimum Gasteiger partial charge on any atom is -0.485 e. The van der Waals surface area contributed by atoms with E-state index in [4.69, 9.17) is 21.1 Å². The molecule has 0 saturated carbocycles. The smallest absolute Gasteiger partial charge is 0.262 e. The van der Waals surface area contributed by atoms with E-state index < -0.39 is 0 Å². The molecule has 2 aromatic carbocycles. The van der Waals surface area contributed by atoms with E-state index in [1.165, 1.54) is 11.3 Å². The molecule has 0 saturated heterocycles. The number of pyridine rings is 1. The maximum absolute atomic E-state index is 12.4. The first kappa shape index (κ1) is 19.2. The van der Waals surface area contributed by atoms with E-state index in [2.05, 4.69) is 15.3 Å². The van der Waals surface area contributed by atoms with Gasteiger partial charge in [0.05, 0.1) is 21.9 Å². The molecule has 0 radical (unpaired) electrons. The van der Waals surface area contributed by atoms with Gasteiger partial charge in [0.2, 0.25) is 0 Å². The van der Waals surface area contributed by atoms with Gasteiger partial charge in [0.25, 0.3) is 5.91 Å². The average Bonchev–Trinajstić information content (AvgIpc) is 3.27. The van der Waals surface area contributed by atoms with Crippen molar-refractivity contribution in [2.24, 2.45) is 0 Å². The van der Waals surface area contributed by atoms with E-state index in [1.54, 1.807) is 42.0 Å². The summed E-state index contributed by atoms with van der Waals surface area (Å²) in [4.78, 5) is 20.9. The Morgan fingerprint density at radius 1 is 1.03 bits per heavy atom. The highest BCUT2D eigenvalue weighted by Crippen LogP contribution is 2.30. The molecule has 0 aliphatic heterocycles. The Balaban J connectivity index is 1.41. The number of carbonyl (C=O) groups is 1. The number of thiazole rings is 1. The molecule has 4 rings (SSSR count). The summed E-state index contributed by atoms with van der Waals surface area (Å²) in [5.74, 6) is 0.745. The first-order chi connectivity index (χ1) is 14.2. The van der Waals surface area contributed by atoms with Crippen molar-refractivity contribution in [1.29, 1.82) is 0 Å². The number of para-hydroxylation sites is 2. The molecule has 0 spiro atoms. The number of aromatic nitrogens is 2. The maximum atomic E-state index is 12.4. The number of carbonyl (C=O) groups excluding carboxylic acids is 1. The molecule has 0 unspecified atom stereocenters. The second-order valence-electron chi connectivity index (χ2n) is 6.05. The van der Waals surface area contributed by atoms with E-state index in [9.17, 15) is 4.79 Å². The third-order valence-electron chi connectivity index (χ3n) is 4.06. The van der Waals surface area contributed by atoms with Crippen LogP contribution in [0.4, 0.5) is 5.69 Å². The van der Waals surface area contributed by atoms with Crippen molar-refractivity contribution in [3.63, 3.8) is 0 Å². The van der Waals surface area contributed by atoms with Gasteiger partial charge in [-0.2, -0.15) is 0 Å². The first-order valence-electron chi connectivity index (χ1n) is 8.75. The lowest BCUT2D eigenvalue weighted by atomic mass is 10.2. The quantitative estimate of drug-likeness (QED) is 0.454. The van der Waals surface area contributed by atoms with Crippen LogP contribution in [0.2, 0.25) is 5.02 Å². The van der Waals surface area contributed by atoms with E-state index in [1.807, 2.05) is 23.6 Å². The van der Waals surface area contributed by atoms with Gasteiger partial charge in [-0.1, -0.05) is 23.7 Å². The largest absolute Gasteiger partial charge is 0.485 e. The van der Waals surface area contributed by atoms with Gasteiger partial charge in [0.1, 0.15) is 23.6 Å². The van der Waals surface area contributed by atoms with Gasteiger partial charge in [-0.05, 0) is 36.4 Å².